The number of ether oxygens (including phenoxy) is 1. The molecular weight excluding hydrogens is 520 g/mol. The van der Waals surface area contributed by atoms with Crippen LogP contribution in [-0.2, 0) is 4.79 Å². The molecule has 0 spiro atoms. The van der Waals surface area contributed by atoms with E-state index in [9.17, 15) is 9.90 Å². The molecule has 0 saturated heterocycles. The SMILES string of the molecule is CC#CC#CC#CC#CC#CC#CC#CC.CCC1CCC(CCC(=O)Oc2ccc(-c3ncc(O)cn3)cc2)CC1.[HH].[HH].[HH].[HH].[HH].[HH].[HH]. The van der Waals surface area contributed by atoms with Crippen LogP contribution in [-0.4, -0.2) is 21.0 Å². The molecule has 222 valence electrons. The topological polar surface area (TPSA) is 72.3 Å². The van der Waals surface area contributed by atoms with Crippen molar-refractivity contribution in [1.82, 2.24) is 9.97 Å². The maximum absolute atomic E-state index is 12.1. The first kappa shape index (κ1) is 32.7. The Morgan fingerprint density at radius 3 is 1.69 bits per heavy atom. The van der Waals surface area contributed by atoms with E-state index >= 15 is 0 Å². The summed E-state index contributed by atoms with van der Waals surface area (Å²) in [7, 11) is 0. The Bertz CT molecular complexity index is 1580. The van der Waals surface area contributed by atoms with E-state index in [0.717, 1.165) is 17.9 Å². The first-order chi connectivity index (χ1) is 20.5. The number of aromatic nitrogens is 2. The van der Waals surface area contributed by atoms with E-state index in [4.69, 9.17) is 4.74 Å². The van der Waals surface area contributed by atoms with Gasteiger partial charge in [0.1, 0.15) is 5.75 Å². The number of benzene rings is 1. The number of aromatic hydroxyl groups is 1. The van der Waals surface area contributed by atoms with E-state index in [2.05, 4.69) is 99.8 Å². The Balaban J connectivity index is -0.000000180. The number of hydrogen-bond acceptors (Lipinski definition) is 5. The van der Waals surface area contributed by atoms with E-state index in [1.807, 2.05) is 0 Å². The summed E-state index contributed by atoms with van der Waals surface area (Å²) in [5.41, 5.74) is 0.803. The average Bonchev–Trinajstić information content (AvgIpc) is 3.02. The summed E-state index contributed by atoms with van der Waals surface area (Å²) in [6.45, 7) is 5.68. The summed E-state index contributed by atoms with van der Waals surface area (Å²) in [5.74, 6) is 38.0. The second kappa shape index (κ2) is 20.4. The van der Waals surface area contributed by atoms with E-state index in [1.165, 1.54) is 44.5 Å². The second-order valence-corrected chi connectivity index (χ2v) is 9.10. The molecule has 1 aromatic carbocycles. The molecule has 1 saturated carbocycles. The highest BCUT2D eigenvalue weighted by Gasteiger charge is 2.20. The fourth-order valence-corrected chi connectivity index (χ4v) is 4.01. The highest BCUT2D eigenvalue weighted by Crippen LogP contribution is 2.33. The summed E-state index contributed by atoms with van der Waals surface area (Å²) in [6, 6.07) is 7.11. The van der Waals surface area contributed by atoms with Crippen molar-refractivity contribution in [3.8, 4) is 106 Å². The van der Waals surface area contributed by atoms with Gasteiger partial charge in [0.15, 0.2) is 11.6 Å². The largest absolute Gasteiger partial charge is 0.505 e. The molecule has 1 aliphatic rings. The van der Waals surface area contributed by atoms with Gasteiger partial charge < -0.3 is 9.84 Å². The van der Waals surface area contributed by atoms with Gasteiger partial charge >= 0.3 is 5.97 Å². The third kappa shape index (κ3) is 14.0. The van der Waals surface area contributed by atoms with E-state index < -0.39 is 0 Å². The van der Waals surface area contributed by atoms with Crippen molar-refractivity contribution in [2.24, 2.45) is 11.8 Å². The normalized spacial score (nSPS) is 13.8. The molecule has 1 heterocycles. The molecule has 3 rings (SSSR count). The van der Waals surface area contributed by atoms with Crippen molar-refractivity contribution in [2.75, 3.05) is 0 Å². The Kier molecular flexibility index (Phi) is 15.9. The number of carbonyl (C=O) groups is 1. The van der Waals surface area contributed by atoms with Crippen LogP contribution in [0.2, 0.25) is 0 Å². The Hall–Kier alpha value is -5.51. The molecule has 42 heavy (non-hydrogen) atoms. The number of nitrogens with zero attached hydrogens (tertiary/aromatic N) is 2. The first-order valence-corrected chi connectivity index (χ1v) is 13.7. The fraction of sp³-hybridized carbons (Fsp3) is 0.324. The van der Waals surface area contributed by atoms with Crippen LogP contribution in [0.5, 0.6) is 11.5 Å². The van der Waals surface area contributed by atoms with Crippen molar-refractivity contribution >= 4 is 5.97 Å². The van der Waals surface area contributed by atoms with E-state index in [0.29, 0.717) is 23.9 Å². The van der Waals surface area contributed by atoms with Crippen LogP contribution in [0.25, 0.3) is 11.4 Å². The number of esters is 1. The van der Waals surface area contributed by atoms with Crippen LogP contribution >= 0.6 is 0 Å². The molecule has 5 nitrogen and oxygen atoms in total. The lowest BCUT2D eigenvalue weighted by Crippen LogP contribution is -2.16. The van der Waals surface area contributed by atoms with Crippen LogP contribution in [0.3, 0.4) is 0 Å². The maximum Gasteiger partial charge on any atom is 0.311 e. The molecule has 0 aliphatic heterocycles. The molecule has 0 atom stereocenters. The zero-order valence-electron chi connectivity index (χ0n) is 24.2. The third-order valence-corrected chi connectivity index (χ3v) is 6.22. The van der Waals surface area contributed by atoms with Crippen LogP contribution in [0.1, 0.15) is 75.7 Å². The minimum absolute atomic E-state index is 0. The molecule has 1 aliphatic carbocycles. The van der Waals surface area contributed by atoms with Crippen LogP contribution < -0.4 is 4.74 Å². The molecule has 0 amide bonds. The highest BCUT2D eigenvalue weighted by atomic mass is 16.5. The highest BCUT2D eigenvalue weighted by molar-refractivity contribution is 5.72. The number of hydrogen-bond donors (Lipinski definition) is 1. The predicted molar refractivity (Wildman–Crippen MR) is 180 cm³/mol. The molecule has 0 radical (unpaired) electrons. The van der Waals surface area contributed by atoms with Crippen LogP contribution in [0.15, 0.2) is 36.7 Å². The average molecular weight is 567 g/mol. The smallest absolute Gasteiger partial charge is 0.311 e. The summed E-state index contributed by atoms with van der Waals surface area (Å²) in [4.78, 5) is 20.2. The van der Waals surface area contributed by atoms with Crippen LogP contribution in [0, 0.1) is 94.7 Å². The first-order valence-electron chi connectivity index (χ1n) is 13.7. The van der Waals surface area contributed by atoms with Crippen molar-refractivity contribution in [3.05, 3.63) is 36.7 Å². The van der Waals surface area contributed by atoms with Gasteiger partial charge in [0, 0.05) is 22.0 Å². The zero-order chi connectivity index (χ0) is 30.3. The molecule has 0 bridgehead atoms. The minimum Gasteiger partial charge on any atom is -0.505 e. The van der Waals surface area contributed by atoms with Gasteiger partial charge in [0.05, 0.1) is 12.4 Å². The van der Waals surface area contributed by atoms with Crippen molar-refractivity contribution in [2.45, 2.75) is 65.7 Å². The van der Waals surface area contributed by atoms with Gasteiger partial charge in [-0.2, -0.15) is 0 Å². The van der Waals surface area contributed by atoms with Crippen molar-refractivity contribution in [3.63, 3.8) is 0 Å². The second-order valence-electron chi connectivity index (χ2n) is 9.10. The van der Waals surface area contributed by atoms with Crippen molar-refractivity contribution in [1.29, 1.82) is 0 Å². The van der Waals surface area contributed by atoms with Gasteiger partial charge in [-0.05, 0) is 127 Å². The summed E-state index contributed by atoms with van der Waals surface area (Å²) >= 11 is 0. The monoisotopic (exact) mass is 566 g/mol. The quantitative estimate of drug-likeness (QED) is 0.222. The van der Waals surface area contributed by atoms with Gasteiger partial charge in [-0.3, -0.25) is 4.79 Å². The molecule has 1 fully saturated rings. The van der Waals surface area contributed by atoms with Gasteiger partial charge in [-0.25, -0.2) is 9.97 Å². The lowest BCUT2D eigenvalue weighted by Gasteiger charge is -2.27. The summed E-state index contributed by atoms with van der Waals surface area (Å²) in [6.07, 6.45) is 10.5. The lowest BCUT2D eigenvalue weighted by atomic mass is 9.79. The fourth-order valence-electron chi connectivity index (χ4n) is 4.01. The molecule has 0 unspecified atom stereocenters. The van der Waals surface area contributed by atoms with Gasteiger partial charge in [-0.15, -0.1) is 0 Å². The molecule has 5 heteroatoms. The number of rotatable bonds is 6. The summed E-state index contributed by atoms with van der Waals surface area (Å²) in [5, 5.41) is 9.23. The standard InChI is InChI=1S/C21H26N2O3.C16H6.7H2/c1-2-15-3-5-16(6-4-15)7-12-20(25)26-19-10-8-17(9-11-19)21-22-13-18(24)14-23-21;1-3-5-7-9-11-13-15-16-14-12-10-8-6-4-2;;;;;;;/h8-11,13-16,24H,2-7,12H2,1H3;1-2H3;7*1H. The zero-order valence-corrected chi connectivity index (χ0v) is 24.2. The van der Waals surface area contributed by atoms with Crippen molar-refractivity contribution < 1.29 is 24.6 Å². The van der Waals surface area contributed by atoms with Crippen LogP contribution in [0.4, 0.5) is 0 Å². The molecule has 2 aromatic rings. The van der Waals surface area contributed by atoms with Gasteiger partial charge in [-0.1, -0.05) is 50.9 Å². The van der Waals surface area contributed by atoms with E-state index in [1.54, 1.807) is 38.1 Å². The maximum atomic E-state index is 12.1. The minimum atomic E-state index is -0.170. The Morgan fingerprint density at radius 2 is 1.24 bits per heavy atom. The Labute approximate surface area is 260 Å². The molecule has 1 aromatic heterocycles. The summed E-state index contributed by atoms with van der Waals surface area (Å²) < 4.78 is 5.44. The van der Waals surface area contributed by atoms with Gasteiger partial charge in [0.2, 0.25) is 0 Å². The van der Waals surface area contributed by atoms with Gasteiger partial charge in [0.25, 0.3) is 0 Å². The lowest BCUT2D eigenvalue weighted by molar-refractivity contribution is -0.134. The predicted octanol–water partition coefficient (Wildman–Crippen LogP) is 7.52. The number of carbonyl (C=O) groups excluding carboxylic acids is 1. The van der Waals surface area contributed by atoms with E-state index in [-0.39, 0.29) is 21.7 Å². The molecular formula is C37H46N2O3. The molecule has 1 N–H and O–H groups in total. The third-order valence-electron chi connectivity index (χ3n) is 6.22. The Morgan fingerprint density at radius 1 is 0.786 bits per heavy atom.